The van der Waals surface area contributed by atoms with Crippen molar-refractivity contribution in [1.29, 1.82) is 0 Å². The molecule has 0 saturated carbocycles. The van der Waals surface area contributed by atoms with E-state index in [2.05, 4.69) is 40.7 Å². The number of carbonyl (C=O) groups excluding carboxylic acids is 2. The van der Waals surface area contributed by atoms with Crippen molar-refractivity contribution in [2.24, 2.45) is 13.0 Å². The third-order valence-electron chi connectivity index (χ3n) is 6.76. The van der Waals surface area contributed by atoms with Crippen LogP contribution in [0.2, 0.25) is 0 Å². The molecule has 31 heavy (non-hydrogen) atoms. The van der Waals surface area contributed by atoms with Gasteiger partial charge < -0.3 is 15.2 Å². The van der Waals surface area contributed by atoms with Crippen LogP contribution in [0.4, 0.5) is 0 Å². The molecular weight excluding hydrogens is 388 g/mol. The smallest absolute Gasteiger partial charge is 0.253 e. The number of nitrogens with one attached hydrogen (secondary N) is 2. The van der Waals surface area contributed by atoms with Crippen LogP contribution in [0.1, 0.15) is 62.4 Å². The van der Waals surface area contributed by atoms with Gasteiger partial charge in [-0.3, -0.25) is 14.5 Å². The lowest BCUT2D eigenvalue weighted by Crippen LogP contribution is -2.52. The summed E-state index contributed by atoms with van der Waals surface area (Å²) in [6.07, 6.45) is 6.34. The van der Waals surface area contributed by atoms with E-state index < -0.39 is 0 Å². The Balaban J connectivity index is 1.35. The minimum absolute atomic E-state index is 0.00975. The molecule has 2 aliphatic rings. The number of hydrogen-bond donors (Lipinski definition) is 2. The number of aromatic nitrogens is 1. The Bertz CT molecular complexity index is 973. The molecule has 2 amide bonds. The first kappa shape index (κ1) is 21.9. The molecule has 1 aromatic heterocycles. The van der Waals surface area contributed by atoms with Crippen molar-refractivity contribution in [3.63, 3.8) is 0 Å². The zero-order valence-corrected chi connectivity index (χ0v) is 19.5. The third kappa shape index (κ3) is 4.79. The predicted octanol–water partition coefficient (Wildman–Crippen LogP) is 3.37. The van der Waals surface area contributed by atoms with E-state index >= 15 is 0 Å². The van der Waals surface area contributed by atoms with Crippen molar-refractivity contribution in [2.75, 3.05) is 13.1 Å². The summed E-state index contributed by atoms with van der Waals surface area (Å²) in [7, 11) is 1.98. The summed E-state index contributed by atoms with van der Waals surface area (Å²) in [4.78, 5) is 27.8. The van der Waals surface area contributed by atoms with Gasteiger partial charge in [0.1, 0.15) is 0 Å². The van der Waals surface area contributed by atoms with Crippen molar-refractivity contribution >= 4 is 22.7 Å². The average molecular weight is 425 g/mol. The fraction of sp³-hybridized carbons (Fsp3) is 0.600. The maximum absolute atomic E-state index is 13.0. The fourth-order valence-corrected chi connectivity index (χ4v) is 5.45. The Hall–Kier alpha value is -2.34. The van der Waals surface area contributed by atoms with E-state index in [1.807, 2.05) is 38.6 Å². The van der Waals surface area contributed by atoms with Crippen LogP contribution in [-0.4, -0.2) is 52.0 Å². The third-order valence-corrected chi connectivity index (χ3v) is 6.76. The Labute approximate surface area is 185 Å². The van der Waals surface area contributed by atoms with E-state index in [-0.39, 0.29) is 17.4 Å². The van der Waals surface area contributed by atoms with Crippen LogP contribution in [0.15, 0.2) is 24.4 Å². The molecule has 2 bridgehead atoms. The van der Waals surface area contributed by atoms with Crippen molar-refractivity contribution in [1.82, 2.24) is 20.1 Å². The SMILES string of the molecule is Cc1ccc2c(c1)c(C(=O)NC[C@@H]1C[C@H]3CC[C@@H](C1)N3CC(=O)NC(C)(C)C)cn2C. The molecule has 0 unspecified atom stereocenters. The van der Waals surface area contributed by atoms with Gasteiger partial charge in [0.2, 0.25) is 5.91 Å². The molecule has 0 radical (unpaired) electrons. The predicted molar refractivity (Wildman–Crippen MR) is 124 cm³/mol. The highest BCUT2D eigenvalue weighted by atomic mass is 16.2. The largest absolute Gasteiger partial charge is 0.352 e. The minimum Gasteiger partial charge on any atom is -0.352 e. The van der Waals surface area contributed by atoms with Gasteiger partial charge in [-0.05, 0) is 71.4 Å². The number of amides is 2. The molecule has 3 heterocycles. The van der Waals surface area contributed by atoms with Crippen LogP contribution < -0.4 is 10.6 Å². The van der Waals surface area contributed by atoms with Crippen molar-refractivity contribution in [3.8, 4) is 0 Å². The van der Waals surface area contributed by atoms with Gasteiger partial charge in [0.25, 0.3) is 5.91 Å². The molecule has 2 fully saturated rings. The Morgan fingerprint density at radius 3 is 2.45 bits per heavy atom. The molecule has 2 saturated heterocycles. The van der Waals surface area contributed by atoms with Gasteiger partial charge >= 0.3 is 0 Å². The molecule has 6 heteroatoms. The van der Waals surface area contributed by atoms with Gasteiger partial charge in [-0.15, -0.1) is 0 Å². The molecule has 2 N–H and O–H groups in total. The average Bonchev–Trinajstić information content (AvgIpc) is 3.10. The number of nitrogens with zero attached hydrogens (tertiary/aromatic N) is 2. The Morgan fingerprint density at radius 2 is 1.81 bits per heavy atom. The lowest BCUT2D eigenvalue weighted by molar-refractivity contribution is -0.125. The molecule has 1 aromatic carbocycles. The van der Waals surface area contributed by atoms with Crippen LogP contribution in [0.3, 0.4) is 0 Å². The summed E-state index contributed by atoms with van der Waals surface area (Å²) in [5.74, 6) is 0.595. The first-order valence-electron chi connectivity index (χ1n) is 11.5. The van der Waals surface area contributed by atoms with E-state index in [4.69, 9.17) is 0 Å². The Kier molecular flexibility index (Phi) is 5.86. The van der Waals surface area contributed by atoms with Crippen molar-refractivity contribution in [3.05, 3.63) is 35.5 Å². The molecule has 168 valence electrons. The second kappa shape index (κ2) is 8.30. The normalized spacial score (nSPS) is 23.8. The van der Waals surface area contributed by atoms with Crippen molar-refractivity contribution < 1.29 is 9.59 Å². The van der Waals surface area contributed by atoms with Crippen LogP contribution >= 0.6 is 0 Å². The summed E-state index contributed by atoms with van der Waals surface area (Å²) in [6.45, 7) is 9.31. The lowest BCUT2D eigenvalue weighted by Gasteiger charge is -2.39. The van der Waals surface area contributed by atoms with E-state index in [1.165, 1.54) is 0 Å². The summed E-state index contributed by atoms with van der Waals surface area (Å²) in [5.41, 5.74) is 2.79. The molecule has 4 rings (SSSR count). The molecule has 0 spiro atoms. The number of rotatable bonds is 5. The van der Waals surface area contributed by atoms with Gasteiger partial charge in [-0.25, -0.2) is 0 Å². The number of fused-ring (bicyclic) bond motifs is 3. The number of piperidine rings is 1. The quantitative estimate of drug-likeness (QED) is 0.773. The summed E-state index contributed by atoms with van der Waals surface area (Å²) >= 11 is 0. The summed E-state index contributed by atoms with van der Waals surface area (Å²) in [6, 6.07) is 7.14. The molecule has 0 aliphatic carbocycles. The number of benzene rings is 1. The van der Waals surface area contributed by atoms with Gasteiger partial charge in [-0.2, -0.15) is 0 Å². The highest BCUT2D eigenvalue weighted by Gasteiger charge is 2.41. The Morgan fingerprint density at radius 1 is 1.13 bits per heavy atom. The maximum atomic E-state index is 13.0. The van der Waals surface area contributed by atoms with Crippen molar-refractivity contribution in [2.45, 2.75) is 71.0 Å². The zero-order valence-electron chi connectivity index (χ0n) is 19.5. The van der Waals surface area contributed by atoms with E-state index in [1.54, 1.807) is 0 Å². The molecular formula is C25H36N4O2. The van der Waals surface area contributed by atoms with E-state index in [0.717, 1.165) is 47.7 Å². The second-order valence-corrected chi connectivity index (χ2v) is 10.6. The number of aryl methyl sites for hydroxylation is 2. The molecule has 2 aliphatic heterocycles. The topological polar surface area (TPSA) is 66.4 Å². The van der Waals surface area contributed by atoms with Crippen LogP contribution in [0.25, 0.3) is 10.9 Å². The van der Waals surface area contributed by atoms with Crippen LogP contribution in [0.5, 0.6) is 0 Å². The standard InChI is InChI=1S/C25H36N4O2/c1-16-6-9-22-20(10-16)21(14-28(22)5)24(31)26-13-17-11-18-7-8-19(12-17)29(18)15-23(30)27-25(2,3)4/h6,9-10,14,17-19H,7-8,11-13,15H2,1-5H3,(H,26,31)(H,27,30)/t17-,18-,19+. The minimum atomic E-state index is -0.196. The molecule has 3 atom stereocenters. The second-order valence-electron chi connectivity index (χ2n) is 10.6. The maximum Gasteiger partial charge on any atom is 0.253 e. The van der Waals surface area contributed by atoms with Gasteiger partial charge in [0.05, 0.1) is 12.1 Å². The van der Waals surface area contributed by atoms with Gasteiger partial charge in [0, 0.05) is 48.3 Å². The highest BCUT2D eigenvalue weighted by Crippen LogP contribution is 2.38. The van der Waals surface area contributed by atoms with Gasteiger partial charge in [-0.1, -0.05) is 11.6 Å². The monoisotopic (exact) mass is 424 g/mol. The lowest BCUT2D eigenvalue weighted by atomic mass is 9.90. The number of hydrogen-bond acceptors (Lipinski definition) is 3. The molecule has 2 aromatic rings. The van der Waals surface area contributed by atoms with Crippen LogP contribution in [-0.2, 0) is 11.8 Å². The van der Waals surface area contributed by atoms with Crippen LogP contribution in [0, 0.1) is 12.8 Å². The highest BCUT2D eigenvalue weighted by molar-refractivity contribution is 6.07. The van der Waals surface area contributed by atoms with E-state index in [0.29, 0.717) is 31.1 Å². The summed E-state index contributed by atoms with van der Waals surface area (Å²) in [5, 5.41) is 7.30. The van der Waals surface area contributed by atoms with E-state index in [9.17, 15) is 9.59 Å². The summed E-state index contributed by atoms with van der Waals surface area (Å²) < 4.78 is 2.02. The zero-order chi connectivity index (χ0) is 22.3. The van der Waals surface area contributed by atoms with Gasteiger partial charge in [0.15, 0.2) is 0 Å². The first-order valence-corrected chi connectivity index (χ1v) is 11.5. The first-order chi connectivity index (χ1) is 14.6. The molecule has 6 nitrogen and oxygen atoms in total. The number of carbonyl (C=O) groups is 2. The fourth-order valence-electron chi connectivity index (χ4n) is 5.45.